The van der Waals surface area contributed by atoms with Crippen molar-refractivity contribution in [2.45, 2.75) is 38.6 Å². The van der Waals surface area contributed by atoms with Crippen LogP contribution in [0.4, 0.5) is 0 Å². The number of benzene rings is 1. The monoisotopic (exact) mass is 342 g/mol. The first kappa shape index (κ1) is 17.0. The SMILES string of the molecule is CCCCC(CN)NC(=O)CCOc1ccccc1Br. The smallest absolute Gasteiger partial charge is 0.223 e. The van der Waals surface area contributed by atoms with E-state index in [0.717, 1.165) is 29.5 Å². The molecule has 0 radical (unpaired) electrons. The van der Waals surface area contributed by atoms with Crippen molar-refractivity contribution < 1.29 is 9.53 Å². The van der Waals surface area contributed by atoms with Gasteiger partial charge in [0.1, 0.15) is 5.75 Å². The number of ether oxygens (including phenoxy) is 1. The largest absolute Gasteiger partial charge is 0.492 e. The van der Waals surface area contributed by atoms with Crippen molar-refractivity contribution in [2.24, 2.45) is 5.73 Å². The van der Waals surface area contributed by atoms with E-state index in [1.54, 1.807) is 0 Å². The Morgan fingerprint density at radius 3 is 2.85 bits per heavy atom. The number of hydrogen-bond acceptors (Lipinski definition) is 3. The summed E-state index contributed by atoms with van der Waals surface area (Å²) in [4.78, 5) is 11.8. The number of unbranched alkanes of at least 4 members (excludes halogenated alkanes) is 1. The van der Waals surface area contributed by atoms with Gasteiger partial charge in [0.05, 0.1) is 17.5 Å². The normalized spacial score (nSPS) is 11.9. The first-order chi connectivity index (χ1) is 9.67. The van der Waals surface area contributed by atoms with Crippen LogP contribution in [0.1, 0.15) is 32.6 Å². The molecule has 0 aliphatic carbocycles. The highest BCUT2D eigenvalue weighted by molar-refractivity contribution is 9.10. The summed E-state index contributed by atoms with van der Waals surface area (Å²) in [5.41, 5.74) is 5.65. The Balaban J connectivity index is 2.27. The molecule has 1 rings (SSSR count). The van der Waals surface area contributed by atoms with Crippen molar-refractivity contribution in [1.29, 1.82) is 0 Å². The summed E-state index contributed by atoms with van der Waals surface area (Å²) >= 11 is 3.40. The Morgan fingerprint density at radius 1 is 1.45 bits per heavy atom. The van der Waals surface area contributed by atoms with E-state index in [1.807, 2.05) is 24.3 Å². The maximum absolute atomic E-state index is 11.8. The van der Waals surface area contributed by atoms with Crippen LogP contribution in [0.2, 0.25) is 0 Å². The molecule has 1 aromatic carbocycles. The molecule has 0 aromatic heterocycles. The van der Waals surface area contributed by atoms with Crippen LogP contribution in [0.15, 0.2) is 28.7 Å². The number of halogens is 1. The van der Waals surface area contributed by atoms with Crippen LogP contribution in [-0.2, 0) is 4.79 Å². The molecule has 112 valence electrons. The Morgan fingerprint density at radius 2 is 2.20 bits per heavy atom. The topological polar surface area (TPSA) is 64.3 Å². The van der Waals surface area contributed by atoms with Crippen LogP contribution < -0.4 is 15.8 Å². The standard InChI is InChI=1S/C15H23BrN2O2/c1-2-3-6-12(11-17)18-15(19)9-10-20-14-8-5-4-7-13(14)16/h4-5,7-8,12H,2-3,6,9-11,17H2,1H3,(H,18,19). The molecule has 0 aliphatic rings. The van der Waals surface area contributed by atoms with Gasteiger partial charge in [0.2, 0.25) is 5.91 Å². The van der Waals surface area contributed by atoms with Crippen molar-refractivity contribution in [1.82, 2.24) is 5.32 Å². The zero-order chi connectivity index (χ0) is 14.8. The minimum atomic E-state index is -0.0105. The number of para-hydroxylation sites is 1. The van der Waals surface area contributed by atoms with Crippen LogP contribution in [-0.4, -0.2) is 25.1 Å². The van der Waals surface area contributed by atoms with Gasteiger partial charge in [0.15, 0.2) is 0 Å². The Hall–Kier alpha value is -1.07. The predicted octanol–water partition coefficient (Wildman–Crippen LogP) is 2.85. The Kier molecular flexibility index (Phi) is 8.30. The number of hydrogen-bond donors (Lipinski definition) is 2. The van der Waals surface area contributed by atoms with E-state index >= 15 is 0 Å². The minimum absolute atomic E-state index is 0.0105. The molecular formula is C15H23BrN2O2. The van der Waals surface area contributed by atoms with Crippen molar-refractivity contribution in [3.8, 4) is 5.75 Å². The molecule has 0 heterocycles. The highest BCUT2D eigenvalue weighted by Crippen LogP contribution is 2.23. The van der Waals surface area contributed by atoms with Gasteiger partial charge in [-0.05, 0) is 34.5 Å². The molecule has 1 unspecified atom stereocenters. The average molecular weight is 343 g/mol. The maximum Gasteiger partial charge on any atom is 0.223 e. The lowest BCUT2D eigenvalue weighted by molar-refractivity contribution is -0.122. The fraction of sp³-hybridized carbons (Fsp3) is 0.533. The molecule has 0 spiro atoms. The third-order valence-electron chi connectivity index (χ3n) is 2.98. The predicted molar refractivity (Wildman–Crippen MR) is 84.8 cm³/mol. The average Bonchev–Trinajstić information content (AvgIpc) is 2.45. The second kappa shape index (κ2) is 9.77. The van der Waals surface area contributed by atoms with Crippen molar-refractivity contribution in [3.63, 3.8) is 0 Å². The van der Waals surface area contributed by atoms with Crippen LogP contribution in [0.5, 0.6) is 5.75 Å². The molecule has 0 aliphatic heterocycles. The lowest BCUT2D eigenvalue weighted by Crippen LogP contribution is -2.40. The van der Waals surface area contributed by atoms with Gasteiger partial charge in [0, 0.05) is 12.6 Å². The van der Waals surface area contributed by atoms with Crippen molar-refractivity contribution in [3.05, 3.63) is 28.7 Å². The number of rotatable bonds is 9. The van der Waals surface area contributed by atoms with E-state index in [-0.39, 0.29) is 11.9 Å². The molecule has 20 heavy (non-hydrogen) atoms. The highest BCUT2D eigenvalue weighted by atomic mass is 79.9. The zero-order valence-corrected chi connectivity index (χ0v) is 13.5. The Labute approximate surface area is 129 Å². The number of nitrogens with two attached hydrogens (primary N) is 1. The summed E-state index contributed by atoms with van der Waals surface area (Å²) in [6.07, 6.45) is 3.46. The van der Waals surface area contributed by atoms with E-state index in [9.17, 15) is 4.79 Å². The van der Waals surface area contributed by atoms with E-state index < -0.39 is 0 Å². The van der Waals surface area contributed by atoms with Crippen molar-refractivity contribution in [2.75, 3.05) is 13.2 Å². The van der Waals surface area contributed by atoms with Crippen LogP contribution >= 0.6 is 15.9 Å². The molecule has 1 amide bonds. The van der Waals surface area contributed by atoms with Gasteiger partial charge in [-0.3, -0.25) is 4.79 Å². The fourth-order valence-electron chi connectivity index (χ4n) is 1.81. The molecule has 1 aromatic rings. The number of nitrogens with one attached hydrogen (secondary N) is 1. The van der Waals surface area contributed by atoms with Crippen molar-refractivity contribution >= 4 is 21.8 Å². The molecule has 0 fully saturated rings. The van der Waals surface area contributed by atoms with Crippen LogP contribution in [0.3, 0.4) is 0 Å². The van der Waals surface area contributed by atoms with Gasteiger partial charge < -0.3 is 15.8 Å². The second-order valence-electron chi connectivity index (χ2n) is 4.67. The Bertz CT molecular complexity index is 413. The second-order valence-corrected chi connectivity index (χ2v) is 5.53. The lowest BCUT2D eigenvalue weighted by atomic mass is 10.1. The number of amides is 1. The van der Waals surface area contributed by atoms with E-state index in [1.165, 1.54) is 0 Å². The van der Waals surface area contributed by atoms with Gasteiger partial charge in [-0.1, -0.05) is 31.9 Å². The third-order valence-corrected chi connectivity index (χ3v) is 3.63. The summed E-state index contributed by atoms with van der Waals surface area (Å²) in [6.45, 7) is 2.97. The molecule has 1 atom stereocenters. The maximum atomic E-state index is 11.8. The molecule has 4 nitrogen and oxygen atoms in total. The van der Waals surface area contributed by atoms with Gasteiger partial charge in [0.25, 0.3) is 0 Å². The quantitative estimate of drug-likeness (QED) is 0.725. The molecular weight excluding hydrogens is 320 g/mol. The summed E-state index contributed by atoms with van der Waals surface area (Å²) in [5.74, 6) is 0.741. The summed E-state index contributed by atoms with van der Waals surface area (Å²) in [5, 5.41) is 2.95. The fourth-order valence-corrected chi connectivity index (χ4v) is 2.21. The van der Waals surface area contributed by atoms with E-state index in [0.29, 0.717) is 19.6 Å². The third kappa shape index (κ3) is 6.39. The van der Waals surface area contributed by atoms with Gasteiger partial charge >= 0.3 is 0 Å². The summed E-state index contributed by atoms with van der Waals surface area (Å²) < 4.78 is 6.46. The van der Waals surface area contributed by atoms with E-state index in [4.69, 9.17) is 10.5 Å². The van der Waals surface area contributed by atoms with Gasteiger partial charge in [-0.15, -0.1) is 0 Å². The first-order valence-electron chi connectivity index (χ1n) is 7.04. The summed E-state index contributed by atoms with van der Waals surface area (Å²) in [7, 11) is 0. The molecule has 5 heteroatoms. The molecule has 0 saturated heterocycles. The van der Waals surface area contributed by atoms with Gasteiger partial charge in [-0.2, -0.15) is 0 Å². The molecule has 3 N–H and O–H groups in total. The minimum Gasteiger partial charge on any atom is -0.492 e. The van der Waals surface area contributed by atoms with E-state index in [2.05, 4.69) is 28.2 Å². The molecule has 0 bridgehead atoms. The number of carbonyl (C=O) groups is 1. The summed E-state index contributed by atoms with van der Waals surface area (Å²) in [6, 6.07) is 7.67. The first-order valence-corrected chi connectivity index (χ1v) is 7.83. The zero-order valence-electron chi connectivity index (χ0n) is 11.9. The van der Waals surface area contributed by atoms with Crippen LogP contribution in [0.25, 0.3) is 0 Å². The van der Waals surface area contributed by atoms with Crippen LogP contribution in [0, 0.1) is 0 Å². The molecule has 0 saturated carbocycles. The van der Waals surface area contributed by atoms with Gasteiger partial charge in [-0.25, -0.2) is 0 Å². The number of carbonyl (C=O) groups excluding carboxylic acids is 1. The lowest BCUT2D eigenvalue weighted by Gasteiger charge is -2.16. The highest BCUT2D eigenvalue weighted by Gasteiger charge is 2.10.